The Morgan fingerprint density at radius 1 is 1.40 bits per heavy atom. The highest BCUT2D eigenvalue weighted by Gasteiger charge is 2.30. The molecule has 0 atom stereocenters. The van der Waals surface area contributed by atoms with Crippen molar-refractivity contribution in [3.05, 3.63) is 34.6 Å². The second kappa shape index (κ2) is 4.63. The van der Waals surface area contributed by atoms with Crippen LogP contribution in [0.3, 0.4) is 0 Å². The fraction of sp³-hybridized carbons (Fsp3) is 0.417. The first-order chi connectivity index (χ1) is 7.09. The van der Waals surface area contributed by atoms with Crippen molar-refractivity contribution in [3.8, 4) is 6.07 Å². The highest BCUT2D eigenvalue weighted by atomic mass is 35.5. The minimum Gasteiger partial charge on any atom is -0.207 e. The highest BCUT2D eigenvalue weighted by Crippen LogP contribution is 2.35. The van der Waals surface area contributed by atoms with Gasteiger partial charge in [0.05, 0.1) is 11.5 Å². The first-order valence-electron chi connectivity index (χ1n) is 4.96. The lowest BCUT2D eigenvalue weighted by Gasteiger charge is -2.24. The number of nitriles is 1. The van der Waals surface area contributed by atoms with E-state index < -0.39 is 5.41 Å². The van der Waals surface area contributed by atoms with Gasteiger partial charge in [-0.3, -0.25) is 0 Å². The molecule has 0 fully saturated rings. The molecule has 0 bridgehead atoms. The molecule has 0 heterocycles. The topological polar surface area (TPSA) is 23.8 Å². The highest BCUT2D eigenvalue weighted by molar-refractivity contribution is 6.31. The minimum absolute atomic E-state index is 0.334. The maximum absolute atomic E-state index is 12.9. The molecule has 0 aromatic heterocycles. The van der Waals surface area contributed by atoms with Crippen molar-refractivity contribution < 1.29 is 4.39 Å². The summed E-state index contributed by atoms with van der Waals surface area (Å²) in [5.41, 5.74) is 0.128. The van der Waals surface area contributed by atoms with Gasteiger partial charge in [-0.15, -0.1) is 0 Å². The molecule has 1 aromatic rings. The maximum Gasteiger partial charge on any atom is 0.124 e. The van der Waals surface area contributed by atoms with E-state index in [1.54, 1.807) is 6.07 Å². The zero-order valence-corrected chi connectivity index (χ0v) is 9.61. The van der Waals surface area contributed by atoms with E-state index in [1.165, 1.54) is 12.1 Å². The lowest BCUT2D eigenvalue weighted by Crippen LogP contribution is -2.22. The van der Waals surface area contributed by atoms with Gasteiger partial charge in [-0.2, -0.15) is 5.26 Å². The Labute approximate surface area is 94.5 Å². The summed E-state index contributed by atoms with van der Waals surface area (Å²) < 4.78 is 12.9. The molecule has 0 aliphatic heterocycles. The van der Waals surface area contributed by atoms with Crippen LogP contribution in [0.25, 0.3) is 0 Å². The van der Waals surface area contributed by atoms with Gasteiger partial charge in [0.1, 0.15) is 5.82 Å². The molecule has 0 unspecified atom stereocenters. The van der Waals surface area contributed by atoms with Crippen LogP contribution in [0.1, 0.15) is 32.3 Å². The Kier molecular flexibility index (Phi) is 3.71. The summed E-state index contributed by atoms with van der Waals surface area (Å²) in [5.74, 6) is -0.372. The van der Waals surface area contributed by atoms with Crippen LogP contribution in [0.15, 0.2) is 18.2 Å². The van der Waals surface area contributed by atoms with E-state index in [0.29, 0.717) is 17.9 Å². The third kappa shape index (κ3) is 2.13. The first-order valence-corrected chi connectivity index (χ1v) is 5.34. The van der Waals surface area contributed by atoms with E-state index >= 15 is 0 Å². The van der Waals surface area contributed by atoms with E-state index in [4.69, 9.17) is 11.6 Å². The van der Waals surface area contributed by atoms with Gasteiger partial charge in [0, 0.05) is 5.02 Å². The summed E-state index contributed by atoms with van der Waals surface area (Å²) in [6, 6.07) is 6.49. The smallest absolute Gasteiger partial charge is 0.124 e. The molecule has 80 valence electrons. The molecular formula is C12H13ClFN. The van der Waals surface area contributed by atoms with E-state index in [2.05, 4.69) is 6.07 Å². The standard InChI is InChI=1S/C12H13ClFN/c1-3-12(4-2,8-15)10-6-5-9(14)7-11(10)13/h5-7H,3-4H2,1-2H3. The van der Waals surface area contributed by atoms with Crippen LogP contribution in [-0.4, -0.2) is 0 Å². The average Bonchev–Trinajstić information content (AvgIpc) is 2.23. The quantitative estimate of drug-likeness (QED) is 0.761. The third-order valence-corrected chi connectivity index (χ3v) is 3.18. The monoisotopic (exact) mass is 225 g/mol. The van der Waals surface area contributed by atoms with Crippen molar-refractivity contribution in [2.24, 2.45) is 0 Å². The van der Waals surface area contributed by atoms with Gasteiger partial charge in [-0.1, -0.05) is 31.5 Å². The Morgan fingerprint density at radius 3 is 2.40 bits per heavy atom. The summed E-state index contributed by atoms with van der Waals surface area (Å²) in [6.07, 6.45) is 1.34. The summed E-state index contributed by atoms with van der Waals surface area (Å²) in [4.78, 5) is 0. The van der Waals surface area contributed by atoms with Crippen LogP contribution in [0, 0.1) is 17.1 Å². The lowest BCUT2D eigenvalue weighted by molar-refractivity contribution is 0.509. The zero-order chi connectivity index (χ0) is 11.5. The van der Waals surface area contributed by atoms with E-state index in [0.717, 1.165) is 5.56 Å². The van der Waals surface area contributed by atoms with Crippen molar-refractivity contribution in [2.45, 2.75) is 32.1 Å². The number of rotatable bonds is 3. The Hall–Kier alpha value is -1.07. The van der Waals surface area contributed by atoms with Gasteiger partial charge in [-0.25, -0.2) is 4.39 Å². The summed E-state index contributed by atoms with van der Waals surface area (Å²) >= 11 is 5.96. The van der Waals surface area contributed by atoms with Gasteiger partial charge in [-0.05, 0) is 30.5 Å². The van der Waals surface area contributed by atoms with Crippen molar-refractivity contribution in [1.29, 1.82) is 5.26 Å². The molecule has 3 heteroatoms. The van der Waals surface area contributed by atoms with Crippen LogP contribution >= 0.6 is 11.6 Å². The zero-order valence-electron chi connectivity index (χ0n) is 8.85. The summed E-state index contributed by atoms with van der Waals surface area (Å²) in [5, 5.41) is 9.55. The average molecular weight is 226 g/mol. The van der Waals surface area contributed by atoms with Crippen molar-refractivity contribution in [1.82, 2.24) is 0 Å². The molecule has 0 aliphatic carbocycles. The number of hydrogen-bond acceptors (Lipinski definition) is 1. The molecular weight excluding hydrogens is 213 g/mol. The van der Waals surface area contributed by atoms with Gasteiger partial charge in [0.15, 0.2) is 0 Å². The second-order valence-corrected chi connectivity index (χ2v) is 3.93. The Balaban J connectivity index is 3.31. The van der Waals surface area contributed by atoms with E-state index in [1.807, 2.05) is 13.8 Å². The molecule has 0 saturated heterocycles. The molecule has 0 amide bonds. The minimum atomic E-state index is -0.592. The molecule has 0 saturated carbocycles. The molecule has 0 aliphatic rings. The number of nitrogens with zero attached hydrogens (tertiary/aromatic N) is 1. The van der Waals surface area contributed by atoms with Crippen molar-refractivity contribution in [3.63, 3.8) is 0 Å². The molecule has 1 aromatic carbocycles. The molecule has 0 N–H and O–H groups in total. The Bertz CT molecular complexity index is 391. The van der Waals surface area contributed by atoms with Gasteiger partial charge < -0.3 is 0 Å². The largest absolute Gasteiger partial charge is 0.207 e. The summed E-state index contributed by atoms with van der Waals surface area (Å²) in [7, 11) is 0. The third-order valence-electron chi connectivity index (χ3n) is 2.87. The second-order valence-electron chi connectivity index (χ2n) is 3.53. The first kappa shape index (κ1) is 12.0. The molecule has 1 nitrogen and oxygen atoms in total. The lowest BCUT2D eigenvalue weighted by atomic mass is 9.77. The van der Waals surface area contributed by atoms with Crippen LogP contribution in [0.2, 0.25) is 5.02 Å². The normalized spacial score (nSPS) is 11.1. The van der Waals surface area contributed by atoms with Crippen molar-refractivity contribution in [2.75, 3.05) is 0 Å². The number of halogens is 2. The predicted octanol–water partition coefficient (Wildman–Crippen LogP) is 4.06. The van der Waals surface area contributed by atoms with Crippen molar-refractivity contribution >= 4 is 11.6 Å². The fourth-order valence-corrected chi connectivity index (χ4v) is 2.07. The van der Waals surface area contributed by atoms with Gasteiger partial charge >= 0.3 is 0 Å². The van der Waals surface area contributed by atoms with Gasteiger partial charge in [0.2, 0.25) is 0 Å². The predicted molar refractivity (Wildman–Crippen MR) is 59.3 cm³/mol. The summed E-state index contributed by atoms with van der Waals surface area (Å²) in [6.45, 7) is 3.87. The molecule has 15 heavy (non-hydrogen) atoms. The maximum atomic E-state index is 12.9. The molecule has 1 rings (SSSR count). The number of benzene rings is 1. The molecule has 0 spiro atoms. The van der Waals surface area contributed by atoms with Crippen LogP contribution < -0.4 is 0 Å². The van der Waals surface area contributed by atoms with Crippen LogP contribution in [-0.2, 0) is 5.41 Å². The molecule has 0 radical (unpaired) electrons. The van der Waals surface area contributed by atoms with Crippen LogP contribution in [0.5, 0.6) is 0 Å². The Morgan fingerprint density at radius 2 is 2.00 bits per heavy atom. The van der Waals surface area contributed by atoms with Crippen LogP contribution in [0.4, 0.5) is 4.39 Å². The van der Waals surface area contributed by atoms with Gasteiger partial charge in [0.25, 0.3) is 0 Å². The number of hydrogen-bond donors (Lipinski definition) is 0. The fourth-order valence-electron chi connectivity index (χ4n) is 1.73. The van der Waals surface area contributed by atoms with E-state index in [-0.39, 0.29) is 5.82 Å². The SMILES string of the molecule is CCC(C#N)(CC)c1ccc(F)cc1Cl. The van der Waals surface area contributed by atoms with E-state index in [9.17, 15) is 9.65 Å².